The Morgan fingerprint density at radius 2 is 2.00 bits per heavy atom. The van der Waals surface area contributed by atoms with Gasteiger partial charge in [0.05, 0.1) is 6.04 Å². The standard InChI is InChI=1S/C9H15N5O2/c1-12(6-4-10-5-6)7-8(15)13(2)9(16)14(3)11-7/h6,10H,4-5H2,1-3H3. The molecule has 0 spiro atoms. The average molecular weight is 225 g/mol. The van der Waals surface area contributed by atoms with Crippen LogP contribution < -0.4 is 21.5 Å². The molecule has 0 aromatic carbocycles. The fourth-order valence-corrected chi connectivity index (χ4v) is 1.62. The van der Waals surface area contributed by atoms with Crippen molar-refractivity contribution in [2.24, 2.45) is 14.1 Å². The van der Waals surface area contributed by atoms with Gasteiger partial charge in [0, 0.05) is 34.2 Å². The van der Waals surface area contributed by atoms with Crippen molar-refractivity contribution in [2.75, 3.05) is 25.0 Å². The summed E-state index contributed by atoms with van der Waals surface area (Å²) in [5.74, 6) is 0.316. The molecule has 0 radical (unpaired) electrons. The summed E-state index contributed by atoms with van der Waals surface area (Å²) in [6.45, 7) is 1.67. The molecule has 1 aliphatic rings. The van der Waals surface area contributed by atoms with Gasteiger partial charge >= 0.3 is 5.69 Å². The van der Waals surface area contributed by atoms with E-state index in [1.54, 1.807) is 0 Å². The molecule has 7 heteroatoms. The number of likely N-dealkylation sites (N-methyl/N-ethyl adjacent to an activating group) is 1. The molecule has 2 heterocycles. The molecular weight excluding hydrogens is 210 g/mol. The Balaban J connectivity index is 2.48. The predicted molar refractivity (Wildman–Crippen MR) is 59.8 cm³/mol. The van der Waals surface area contributed by atoms with E-state index in [2.05, 4.69) is 10.4 Å². The largest absolute Gasteiger partial charge is 0.348 e. The number of hydrogen-bond donors (Lipinski definition) is 1. The molecule has 0 atom stereocenters. The molecule has 16 heavy (non-hydrogen) atoms. The highest BCUT2D eigenvalue weighted by Crippen LogP contribution is 2.07. The zero-order valence-electron chi connectivity index (χ0n) is 9.60. The second kappa shape index (κ2) is 3.75. The molecule has 1 N–H and O–H groups in total. The summed E-state index contributed by atoms with van der Waals surface area (Å²) in [5, 5.41) is 7.13. The Morgan fingerprint density at radius 1 is 1.38 bits per heavy atom. The lowest BCUT2D eigenvalue weighted by Crippen LogP contribution is -2.58. The number of nitrogens with one attached hydrogen (secondary N) is 1. The van der Waals surface area contributed by atoms with Crippen LogP contribution in [0.25, 0.3) is 0 Å². The van der Waals surface area contributed by atoms with E-state index in [-0.39, 0.29) is 11.6 Å². The third kappa shape index (κ3) is 1.53. The van der Waals surface area contributed by atoms with E-state index < -0.39 is 5.69 Å². The van der Waals surface area contributed by atoms with E-state index in [0.717, 1.165) is 17.7 Å². The molecule has 0 saturated carbocycles. The zero-order valence-corrected chi connectivity index (χ0v) is 9.60. The molecule has 0 amide bonds. The van der Waals surface area contributed by atoms with Gasteiger partial charge in [-0.15, -0.1) is 5.10 Å². The van der Waals surface area contributed by atoms with Crippen molar-refractivity contribution in [3.8, 4) is 0 Å². The van der Waals surface area contributed by atoms with Gasteiger partial charge < -0.3 is 10.2 Å². The van der Waals surface area contributed by atoms with Gasteiger partial charge in [0.15, 0.2) is 0 Å². The highest BCUT2D eigenvalue weighted by atomic mass is 16.2. The second-order valence-electron chi connectivity index (χ2n) is 4.02. The van der Waals surface area contributed by atoms with Crippen molar-refractivity contribution < 1.29 is 0 Å². The second-order valence-corrected chi connectivity index (χ2v) is 4.02. The molecule has 1 aromatic rings. The highest BCUT2D eigenvalue weighted by Gasteiger charge is 2.25. The summed E-state index contributed by atoms with van der Waals surface area (Å²) in [7, 11) is 4.82. The van der Waals surface area contributed by atoms with E-state index in [9.17, 15) is 9.59 Å². The number of aryl methyl sites for hydroxylation is 1. The summed E-state index contributed by atoms with van der Waals surface area (Å²) in [4.78, 5) is 25.1. The maximum absolute atomic E-state index is 11.9. The van der Waals surface area contributed by atoms with Crippen LogP contribution in [0.2, 0.25) is 0 Å². The SMILES string of the molecule is CN(c1nn(C)c(=O)n(C)c1=O)C1CNC1. The summed E-state index contributed by atoms with van der Waals surface area (Å²) in [5.41, 5.74) is -0.758. The normalized spacial score (nSPS) is 15.9. The maximum atomic E-state index is 11.9. The smallest absolute Gasteiger partial charge is 0.346 e. The summed E-state index contributed by atoms with van der Waals surface area (Å²) >= 11 is 0. The van der Waals surface area contributed by atoms with Crippen molar-refractivity contribution in [1.82, 2.24) is 19.7 Å². The maximum Gasteiger partial charge on any atom is 0.346 e. The number of nitrogens with zero attached hydrogens (tertiary/aromatic N) is 4. The fourth-order valence-electron chi connectivity index (χ4n) is 1.62. The minimum absolute atomic E-state index is 0.276. The van der Waals surface area contributed by atoms with Crippen LogP contribution in [0.4, 0.5) is 5.82 Å². The topological polar surface area (TPSA) is 72.2 Å². The minimum atomic E-state index is -0.408. The lowest BCUT2D eigenvalue weighted by Gasteiger charge is -2.35. The first kappa shape index (κ1) is 10.9. The molecule has 0 aliphatic carbocycles. The van der Waals surface area contributed by atoms with Crippen molar-refractivity contribution in [3.05, 3.63) is 20.8 Å². The third-order valence-electron chi connectivity index (χ3n) is 2.95. The first-order chi connectivity index (χ1) is 7.52. The average Bonchev–Trinajstić information content (AvgIpc) is 2.17. The third-order valence-corrected chi connectivity index (χ3v) is 2.95. The van der Waals surface area contributed by atoms with Gasteiger partial charge in [-0.1, -0.05) is 0 Å². The Kier molecular flexibility index (Phi) is 2.55. The molecule has 0 bridgehead atoms. The van der Waals surface area contributed by atoms with E-state index >= 15 is 0 Å². The zero-order chi connectivity index (χ0) is 11.9. The van der Waals surface area contributed by atoms with Crippen LogP contribution in [0.5, 0.6) is 0 Å². The lowest BCUT2D eigenvalue weighted by molar-refractivity contribution is 0.421. The summed E-state index contributed by atoms with van der Waals surface area (Å²) < 4.78 is 2.25. The Hall–Kier alpha value is -1.63. The van der Waals surface area contributed by atoms with Gasteiger partial charge in [-0.05, 0) is 0 Å². The first-order valence-electron chi connectivity index (χ1n) is 5.10. The summed E-state index contributed by atoms with van der Waals surface area (Å²) in [6.07, 6.45) is 0. The predicted octanol–water partition coefficient (Wildman–Crippen LogP) is -2.11. The van der Waals surface area contributed by atoms with Crippen molar-refractivity contribution in [3.63, 3.8) is 0 Å². The molecule has 1 fully saturated rings. The Bertz CT molecular complexity index is 514. The van der Waals surface area contributed by atoms with Crippen LogP contribution in [0.1, 0.15) is 0 Å². The molecule has 1 saturated heterocycles. The van der Waals surface area contributed by atoms with Crippen molar-refractivity contribution in [1.29, 1.82) is 0 Å². The number of aromatic nitrogens is 3. The molecule has 0 unspecified atom stereocenters. The number of hydrogen-bond acceptors (Lipinski definition) is 5. The van der Waals surface area contributed by atoms with Gasteiger partial charge in [0.1, 0.15) is 0 Å². The minimum Gasteiger partial charge on any atom is -0.348 e. The highest BCUT2D eigenvalue weighted by molar-refractivity contribution is 5.36. The van der Waals surface area contributed by atoms with E-state index in [0.29, 0.717) is 5.82 Å². The lowest BCUT2D eigenvalue weighted by atomic mass is 10.1. The monoisotopic (exact) mass is 225 g/mol. The number of rotatable bonds is 2. The molecule has 7 nitrogen and oxygen atoms in total. The molecule has 1 aromatic heterocycles. The van der Waals surface area contributed by atoms with Gasteiger partial charge in [0.25, 0.3) is 5.56 Å². The first-order valence-corrected chi connectivity index (χ1v) is 5.10. The quantitative estimate of drug-likeness (QED) is 0.623. The van der Waals surface area contributed by atoms with Crippen molar-refractivity contribution >= 4 is 5.82 Å². The van der Waals surface area contributed by atoms with Gasteiger partial charge in [-0.25, -0.2) is 9.48 Å². The van der Waals surface area contributed by atoms with Crippen LogP contribution in [0.15, 0.2) is 9.59 Å². The molecular formula is C9H15N5O2. The van der Waals surface area contributed by atoms with Gasteiger partial charge in [0.2, 0.25) is 5.82 Å². The Labute approximate surface area is 92.3 Å². The number of anilines is 1. The molecule has 2 rings (SSSR count). The van der Waals surface area contributed by atoms with Gasteiger partial charge in [-0.3, -0.25) is 9.36 Å². The van der Waals surface area contributed by atoms with E-state index in [4.69, 9.17) is 0 Å². The van der Waals surface area contributed by atoms with Crippen LogP contribution >= 0.6 is 0 Å². The van der Waals surface area contributed by atoms with E-state index in [1.165, 1.54) is 18.8 Å². The van der Waals surface area contributed by atoms with Crippen molar-refractivity contribution in [2.45, 2.75) is 6.04 Å². The van der Waals surface area contributed by atoms with Gasteiger partial charge in [-0.2, -0.15) is 0 Å². The Morgan fingerprint density at radius 3 is 2.50 bits per heavy atom. The van der Waals surface area contributed by atoms with Crippen LogP contribution in [-0.2, 0) is 14.1 Å². The fraction of sp³-hybridized carbons (Fsp3) is 0.667. The summed E-state index contributed by atoms with van der Waals surface area (Å²) in [6, 6.07) is 0.276. The van der Waals surface area contributed by atoms with E-state index in [1.807, 2.05) is 11.9 Å². The van der Waals surface area contributed by atoms with Crippen LogP contribution in [0.3, 0.4) is 0 Å². The molecule has 88 valence electrons. The molecule has 1 aliphatic heterocycles. The van der Waals surface area contributed by atoms with Crippen LogP contribution in [-0.4, -0.2) is 40.5 Å². The van der Waals surface area contributed by atoms with Crippen LogP contribution in [0, 0.1) is 0 Å².